The van der Waals surface area contributed by atoms with E-state index >= 15 is 0 Å². The van der Waals surface area contributed by atoms with Gasteiger partial charge in [-0.1, -0.05) is 31.6 Å². The number of piperidine rings is 1. The monoisotopic (exact) mass is 399 g/mol. The van der Waals surface area contributed by atoms with Crippen molar-refractivity contribution in [2.45, 2.75) is 78.4 Å². The van der Waals surface area contributed by atoms with E-state index in [0.29, 0.717) is 17.6 Å². The maximum atomic E-state index is 13.5. The average molecular weight is 400 g/mol. The van der Waals surface area contributed by atoms with Crippen molar-refractivity contribution < 1.29 is 14.3 Å². The second-order valence-corrected chi connectivity index (χ2v) is 10.5. The SMILES string of the molecule is CC(C)=C/C=C/C(=O)OC1CCC2C(=O)[C@@H]3[C@H](C)[C@@](C)(CCN3CC3CC3)C2C1. The molecule has 4 nitrogen and oxygen atoms in total. The van der Waals surface area contributed by atoms with Crippen molar-refractivity contribution in [1.29, 1.82) is 0 Å². The maximum Gasteiger partial charge on any atom is 0.331 e. The van der Waals surface area contributed by atoms with Crippen LogP contribution in [0.3, 0.4) is 0 Å². The zero-order valence-corrected chi connectivity index (χ0v) is 18.5. The van der Waals surface area contributed by atoms with Crippen LogP contribution in [0.1, 0.15) is 66.2 Å². The van der Waals surface area contributed by atoms with Gasteiger partial charge in [-0.05, 0) is 82.1 Å². The summed E-state index contributed by atoms with van der Waals surface area (Å²) < 4.78 is 5.78. The number of Topliss-reactive ketones (excluding diaryl/α,β-unsaturated/α-hetero) is 1. The van der Waals surface area contributed by atoms with Crippen molar-refractivity contribution in [2.75, 3.05) is 13.1 Å². The van der Waals surface area contributed by atoms with E-state index in [9.17, 15) is 9.59 Å². The highest BCUT2D eigenvalue weighted by molar-refractivity contribution is 5.88. The number of fused-ring (bicyclic) bond motifs is 4. The summed E-state index contributed by atoms with van der Waals surface area (Å²) in [5, 5.41) is 0. The predicted octanol–water partition coefficient (Wildman–Crippen LogP) is 4.55. The van der Waals surface area contributed by atoms with Gasteiger partial charge in [0.1, 0.15) is 6.10 Å². The molecule has 29 heavy (non-hydrogen) atoms. The fourth-order valence-electron chi connectivity index (χ4n) is 6.26. The first kappa shape index (κ1) is 20.8. The Kier molecular flexibility index (Phi) is 5.76. The number of ketones is 1. The third-order valence-electron chi connectivity index (χ3n) is 8.29. The Labute approximate surface area is 175 Å². The lowest BCUT2D eigenvalue weighted by molar-refractivity contribution is -0.170. The number of allylic oxidation sites excluding steroid dienone is 3. The van der Waals surface area contributed by atoms with Crippen LogP contribution >= 0.6 is 0 Å². The molecule has 1 aliphatic heterocycles. The van der Waals surface area contributed by atoms with Gasteiger partial charge >= 0.3 is 5.97 Å². The molecule has 4 heteroatoms. The highest BCUT2D eigenvalue weighted by atomic mass is 16.5. The number of nitrogens with zero attached hydrogens (tertiary/aromatic N) is 1. The molecule has 0 aromatic rings. The normalized spacial score (nSPS) is 39.9. The van der Waals surface area contributed by atoms with Gasteiger partial charge in [0.15, 0.2) is 5.78 Å². The number of carbonyl (C=O) groups excluding carboxylic acids is 2. The van der Waals surface area contributed by atoms with Crippen molar-refractivity contribution in [1.82, 2.24) is 4.90 Å². The molecule has 0 aromatic heterocycles. The molecule has 0 N–H and O–H groups in total. The molecule has 0 radical (unpaired) electrons. The standard InChI is InChI=1S/C25H37NO3/c1-16(2)6-5-7-22(27)29-19-10-11-20-21(14-19)25(4)12-13-26(15-18-8-9-18)23(17(25)3)24(20)28/h5-7,17-21,23H,8-15H2,1-4H3/b7-5+/t17-,19?,20?,21?,23-,25+/m0/s1. The summed E-state index contributed by atoms with van der Waals surface area (Å²) in [6, 6.07) is 0.113. The fourth-order valence-corrected chi connectivity index (χ4v) is 6.26. The molecule has 3 saturated carbocycles. The Morgan fingerprint density at radius 3 is 2.69 bits per heavy atom. The van der Waals surface area contributed by atoms with Crippen molar-refractivity contribution in [3.63, 3.8) is 0 Å². The zero-order chi connectivity index (χ0) is 20.8. The van der Waals surface area contributed by atoms with Gasteiger partial charge in [-0.15, -0.1) is 0 Å². The van der Waals surface area contributed by atoms with Crippen molar-refractivity contribution in [3.8, 4) is 0 Å². The summed E-state index contributed by atoms with van der Waals surface area (Å²) in [6.07, 6.45) is 11.5. The van der Waals surface area contributed by atoms with Crippen LogP contribution in [0.4, 0.5) is 0 Å². The lowest BCUT2D eigenvalue weighted by Crippen LogP contribution is -2.66. The van der Waals surface area contributed by atoms with Gasteiger partial charge in [-0.2, -0.15) is 0 Å². The maximum absolute atomic E-state index is 13.5. The van der Waals surface area contributed by atoms with E-state index in [-0.39, 0.29) is 29.4 Å². The van der Waals surface area contributed by atoms with Crippen LogP contribution in [-0.4, -0.2) is 41.9 Å². The third kappa shape index (κ3) is 4.10. The number of carbonyl (C=O) groups is 2. The van der Waals surface area contributed by atoms with Gasteiger partial charge in [0.2, 0.25) is 0 Å². The van der Waals surface area contributed by atoms with Gasteiger partial charge in [0.25, 0.3) is 0 Å². The van der Waals surface area contributed by atoms with Crippen LogP contribution in [0.25, 0.3) is 0 Å². The Morgan fingerprint density at radius 2 is 2.00 bits per heavy atom. The molecule has 4 aliphatic rings. The van der Waals surface area contributed by atoms with E-state index in [0.717, 1.165) is 50.3 Å². The molecule has 1 saturated heterocycles. The van der Waals surface area contributed by atoms with Crippen LogP contribution in [-0.2, 0) is 14.3 Å². The summed E-state index contributed by atoms with van der Waals surface area (Å²) >= 11 is 0. The van der Waals surface area contributed by atoms with E-state index in [2.05, 4.69) is 18.7 Å². The third-order valence-corrected chi connectivity index (χ3v) is 8.29. The minimum Gasteiger partial charge on any atom is -0.459 e. The Bertz CT molecular complexity index is 718. The van der Waals surface area contributed by atoms with E-state index in [4.69, 9.17) is 4.74 Å². The second kappa shape index (κ2) is 8.02. The van der Waals surface area contributed by atoms with Gasteiger partial charge in [0.05, 0.1) is 6.04 Å². The van der Waals surface area contributed by atoms with E-state index in [1.165, 1.54) is 18.9 Å². The van der Waals surface area contributed by atoms with E-state index in [1.54, 1.807) is 6.08 Å². The molecule has 3 aliphatic carbocycles. The minimum atomic E-state index is -0.261. The van der Waals surface area contributed by atoms with Gasteiger partial charge < -0.3 is 4.74 Å². The van der Waals surface area contributed by atoms with Crippen molar-refractivity contribution in [3.05, 3.63) is 23.8 Å². The number of esters is 1. The number of likely N-dealkylation sites (tertiary alicyclic amines) is 1. The highest BCUT2D eigenvalue weighted by Crippen LogP contribution is 2.57. The average Bonchev–Trinajstić information content (AvgIpc) is 3.47. The molecule has 160 valence electrons. The predicted molar refractivity (Wildman–Crippen MR) is 114 cm³/mol. The van der Waals surface area contributed by atoms with E-state index in [1.807, 2.05) is 19.9 Å². The number of hydrogen-bond donors (Lipinski definition) is 0. The number of hydrogen-bond acceptors (Lipinski definition) is 4. The molecular weight excluding hydrogens is 362 g/mol. The molecule has 6 atom stereocenters. The minimum absolute atomic E-state index is 0.0574. The largest absolute Gasteiger partial charge is 0.459 e. The van der Waals surface area contributed by atoms with Crippen LogP contribution < -0.4 is 0 Å². The Morgan fingerprint density at radius 1 is 1.24 bits per heavy atom. The molecule has 0 aromatic carbocycles. The second-order valence-electron chi connectivity index (χ2n) is 10.5. The molecule has 4 rings (SSSR count). The van der Waals surface area contributed by atoms with Gasteiger partial charge in [0, 0.05) is 18.5 Å². The lowest BCUT2D eigenvalue weighted by atomic mass is 9.49. The molecule has 0 amide bonds. The summed E-state index contributed by atoms with van der Waals surface area (Å²) in [6.45, 7) is 10.9. The Balaban J connectivity index is 1.45. The number of rotatable bonds is 5. The molecule has 4 fully saturated rings. The first-order valence-corrected chi connectivity index (χ1v) is 11.6. The molecule has 3 unspecified atom stereocenters. The summed E-state index contributed by atoms with van der Waals surface area (Å²) in [5.74, 6) is 1.93. The van der Waals surface area contributed by atoms with Gasteiger partial charge in [-0.3, -0.25) is 9.69 Å². The first-order valence-electron chi connectivity index (χ1n) is 11.6. The van der Waals surface area contributed by atoms with Crippen molar-refractivity contribution in [2.24, 2.45) is 29.1 Å². The topological polar surface area (TPSA) is 46.6 Å². The highest BCUT2D eigenvalue weighted by Gasteiger charge is 2.59. The summed E-state index contributed by atoms with van der Waals surface area (Å²) in [5.41, 5.74) is 1.33. The Hall–Kier alpha value is -1.42. The quantitative estimate of drug-likeness (QED) is 0.387. The fraction of sp³-hybridized carbons (Fsp3) is 0.760. The van der Waals surface area contributed by atoms with Crippen LogP contribution in [0.15, 0.2) is 23.8 Å². The van der Waals surface area contributed by atoms with E-state index < -0.39 is 0 Å². The van der Waals surface area contributed by atoms with Crippen molar-refractivity contribution >= 4 is 11.8 Å². The molecular formula is C25H37NO3. The number of ether oxygens (including phenoxy) is 1. The summed E-state index contributed by atoms with van der Waals surface area (Å²) in [4.78, 5) is 28.2. The van der Waals surface area contributed by atoms with Crippen LogP contribution in [0.2, 0.25) is 0 Å². The van der Waals surface area contributed by atoms with Crippen LogP contribution in [0.5, 0.6) is 0 Å². The lowest BCUT2D eigenvalue weighted by Gasteiger charge is -2.60. The molecule has 0 spiro atoms. The molecule has 1 heterocycles. The van der Waals surface area contributed by atoms with Gasteiger partial charge in [-0.25, -0.2) is 4.79 Å². The zero-order valence-electron chi connectivity index (χ0n) is 18.5. The van der Waals surface area contributed by atoms with Crippen LogP contribution in [0, 0.1) is 29.1 Å². The molecule has 2 bridgehead atoms. The first-order chi connectivity index (χ1) is 13.8. The smallest absolute Gasteiger partial charge is 0.331 e. The summed E-state index contributed by atoms with van der Waals surface area (Å²) in [7, 11) is 0.